The summed E-state index contributed by atoms with van der Waals surface area (Å²) in [4.78, 5) is 29.0. The van der Waals surface area contributed by atoms with Crippen LogP contribution in [0.3, 0.4) is 0 Å². The van der Waals surface area contributed by atoms with Crippen molar-refractivity contribution in [3.8, 4) is 17.0 Å². The molecule has 2 aliphatic rings. The van der Waals surface area contributed by atoms with E-state index in [9.17, 15) is 4.79 Å². The van der Waals surface area contributed by atoms with Gasteiger partial charge in [0.15, 0.2) is 5.65 Å². The molecule has 10 heteroatoms. The Bertz CT molecular complexity index is 1450. The van der Waals surface area contributed by atoms with Gasteiger partial charge in [0.25, 0.3) is 0 Å². The average molecular weight is 561 g/mol. The van der Waals surface area contributed by atoms with Crippen molar-refractivity contribution in [1.29, 1.82) is 0 Å². The van der Waals surface area contributed by atoms with E-state index >= 15 is 0 Å². The fourth-order valence-corrected chi connectivity index (χ4v) is 5.34. The second kappa shape index (κ2) is 10.5. The number of ether oxygens (including phenoxy) is 2. The molecule has 0 unspecified atom stereocenters. The highest BCUT2D eigenvalue weighted by Crippen LogP contribution is 2.38. The van der Waals surface area contributed by atoms with E-state index in [1.807, 2.05) is 73.6 Å². The van der Waals surface area contributed by atoms with Crippen LogP contribution in [-0.4, -0.2) is 70.1 Å². The number of hydrogen-bond donors (Lipinski definition) is 0. The van der Waals surface area contributed by atoms with Crippen LogP contribution in [0, 0.1) is 6.92 Å². The molecule has 1 aromatic carbocycles. The molecule has 1 amide bonds. The number of fused-ring (bicyclic) bond motifs is 1. The second-order valence-corrected chi connectivity index (χ2v) is 13.1. The molecule has 2 fully saturated rings. The van der Waals surface area contributed by atoms with Gasteiger partial charge in [-0.05, 0) is 97.5 Å². The predicted molar refractivity (Wildman–Crippen MR) is 160 cm³/mol. The fourth-order valence-electron chi connectivity index (χ4n) is 5.34. The average Bonchev–Trinajstić information content (AvgIpc) is 3.13. The molecule has 2 aliphatic heterocycles. The quantitative estimate of drug-likeness (QED) is 0.391. The number of pyridine rings is 1. The molecule has 0 N–H and O–H groups in total. The standard InChI is InChI=1S/C31H41BN4O5/c1-19-15-21(32-40-30(5,6)31(7,8)41-32)16-25(38-9)26(19)22-12-13-23-27(34-22)35-24(17-33-23)20-11-10-14-36(18-20)28(37)39-29(2,3)4/h12-13,15-17,20H,10-11,14,18H2,1-9H3/t20-/m1/s1. The van der Waals surface area contributed by atoms with Gasteiger partial charge in [-0.25, -0.2) is 14.8 Å². The van der Waals surface area contributed by atoms with Gasteiger partial charge < -0.3 is 23.7 Å². The van der Waals surface area contributed by atoms with Crippen LogP contribution in [-0.2, 0) is 14.0 Å². The maximum absolute atomic E-state index is 12.7. The van der Waals surface area contributed by atoms with Gasteiger partial charge in [-0.2, -0.15) is 0 Å². The molecule has 0 aliphatic carbocycles. The number of hydrogen-bond acceptors (Lipinski definition) is 8. The highest BCUT2D eigenvalue weighted by molar-refractivity contribution is 6.62. The first kappa shape index (κ1) is 29.3. The zero-order valence-electron chi connectivity index (χ0n) is 25.7. The van der Waals surface area contributed by atoms with E-state index in [4.69, 9.17) is 28.8 Å². The second-order valence-electron chi connectivity index (χ2n) is 13.1. The van der Waals surface area contributed by atoms with Crippen LogP contribution in [0.2, 0.25) is 0 Å². The summed E-state index contributed by atoms with van der Waals surface area (Å²) in [6.45, 7) is 17.1. The number of nitrogens with zero attached hydrogens (tertiary/aromatic N) is 4. The van der Waals surface area contributed by atoms with Crippen molar-refractivity contribution in [3.05, 3.63) is 41.7 Å². The SMILES string of the molecule is COc1cc(B2OC(C)(C)C(C)(C)O2)cc(C)c1-c1ccc2ncc([C@@H]3CCCN(C(=O)OC(C)(C)C)C3)nc2n1. The van der Waals surface area contributed by atoms with Gasteiger partial charge in [-0.1, -0.05) is 6.07 Å². The van der Waals surface area contributed by atoms with Crippen molar-refractivity contribution in [2.45, 2.75) is 91.0 Å². The molecule has 0 radical (unpaired) electrons. The first-order chi connectivity index (χ1) is 19.2. The molecule has 2 saturated heterocycles. The molecule has 9 nitrogen and oxygen atoms in total. The first-order valence-corrected chi connectivity index (χ1v) is 14.3. The van der Waals surface area contributed by atoms with Crippen LogP contribution in [0.5, 0.6) is 5.75 Å². The van der Waals surface area contributed by atoms with Crippen molar-refractivity contribution >= 4 is 29.8 Å². The van der Waals surface area contributed by atoms with Crippen LogP contribution >= 0.6 is 0 Å². The number of aryl methyl sites for hydroxylation is 1. The molecule has 218 valence electrons. The summed E-state index contributed by atoms with van der Waals surface area (Å²) >= 11 is 0. The molecule has 0 saturated carbocycles. The summed E-state index contributed by atoms with van der Waals surface area (Å²) in [5.74, 6) is 0.750. The zero-order valence-corrected chi connectivity index (χ0v) is 25.7. The monoisotopic (exact) mass is 560 g/mol. The van der Waals surface area contributed by atoms with E-state index in [0.717, 1.165) is 40.8 Å². The Balaban J connectivity index is 1.43. The Morgan fingerprint density at radius 1 is 1.10 bits per heavy atom. The van der Waals surface area contributed by atoms with E-state index in [0.29, 0.717) is 30.0 Å². The molecular formula is C31H41BN4O5. The predicted octanol–water partition coefficient (Wildman–Crippen LogP) is 5.42. The van der Waals surface area contributed by atoms with Crippen LogP contribution in [0.1, 0.15) is 78.5 Å². The van der Waals surface area contributed by atoms with Crippen LogP contribution < -0.4 is 10.2 Å². The largest absolute Gasteiger partial charge is 0.496 e. The molecule has 0 bridgehead atoms. The molecule has 2 aromatic heterocycles. The fraction of sp³-hybridized carbons (Fsp3) is 0.548. The van der Waals surface area contributed by atoms with Crippen molar-refractivity contribution < 1.29 is 23.6 Å². The van der Waals surface area contributed by atoms with Gasteiger partial charge in [0.1, 0.15) is 16.9 Å². The lowest BCUT2D eigenvalue weighted by molar-refractivity contribution is 0.00578. The van der Waals surface area contributed by atoms with Crippen molar-refractivity contribution in [2.24, 2.45) is 0 Å². The summed E-state index contributed by atoms with van der Waals surface area (Å²) in [7, 11) is 1.17. The van der Waals surface area contributed by atoms with Gasteiger partial charge in [0.05, 0.1) is 29.7 Å². The smallest absolute Gasteiger partial charge is 0.494 e. The number of rotatable bonds is 4. The van der Waals surface area contributed by atoms with E-state index in [-0.39, 0.29) is 12.0 Å². The maximum atomic E-state index is 12.7. The molecule has 3 aromatic rings. The summed E-state index contributed by atoms with van der Waals surface area (Å²) in [5.41, 5.74) is 4.22. The third-order valence-corrected chi connectivity index (χ3v) is 8.24. The molecule has 0 spiro atoms. The Hall–Kier alpha value is -3.24. The van der Waals surface area contributed by atoms with Crippen LogP contribution in [0.15, 0.2) is 30.5 Å². The molecule has 1 atom stereocenters. The normalized spacial score (nSPS) is 20.4. The third-order valence-electron chi connectivity index (χ3n) is 8.24. The molecular weight excluding hydrogens is 519 g/mol. The first-order valence-electron chi connectivity index (χ1n) is 14.3. The number of benzene rings is 1. The summed E-state index contributed by atoms with van der Waals surface area (Å²) in [6.07, 6.45) is 3.32. The molecule has 5 rings (SSSR count). The van der Waals surface area contributed by atoms with Crippen molar-refractivity contribution in [3.63, 3.8) is 0 Å². The Kier molecular flexibility index (Phi) is 7.53. The lowest BCUT2D eigenvalue weighted by Crippen LogP contribution is -2.42. The third kappa shape index (κ3) is 5.90. The van der Waals surface area contributed by atoms with E-state index in [1.165, 1.54) is 0 Å². The van der Waals surface area contributed by atoms with E-state index in [2.05, 4.69) is 11.1 Å². The Labute approximate surface area is 243 Å². The van der Waals surface area contributed by atoms with Gasteiger partial charge in [-0.3, -0.25) is 4.98 Å². The highest BCUT2D eigenvalue weighted by atomic mass is 16.7. The van der Waals surface area contributed by atoms with Gasteiger partial charge in [-0.15, -0.1) is 0 Å². The number of carbonyl (C=O) groups excluding carboxylic acids is 1. The summed E-state index contributed by atoms with van der Waals surface area (Å²) in [6, 6.07) is 7.91. The number of aromatic nitrogens is 3. The highest BCUT2D eigenvalue weighted by Gasteiger charge is 2.52. The Morgan fingerprint density at radius 2 is 1.80 bits per heavy atom. The maximum Gasteiger partial charge on any atom is 0.494 e. The van der Waals surface area contributed by atoms with Gasteiger partial charge in [0, 0.05) is 30.8 Å². The lowest BCUT2D eigenvalue weighted by atomic mass is 9.77. The number of amides is 1. The van der Waals surface area contributed by atoms with E-state index < -0.39 is 23.9 Å². The van der Waals surface area contributed by atoms with E-state index in [1.54, 1.807) is 18.2 Å². The van der Waals surface area contributed by atoms with Crippen molar-refractivity contribution in [2.75, 3.05) is 20.2 Å². The summed E-state index contributed by atoms with van der Waals surface area (Å²) < 4.78 is 24.0. The molecule has 41 heavy (non-hydrogen) atoms. The number of piperidine rings is 1. The number of carbonyl (C=O) groups is 1. The number of methoxy groups -OCH3 is 1. The minimum atomic E-state index is -0.533. The van der Waals surface area contributed by atoms with Crippen molar-refractivity contribution in [1.82, 2.24) is 19.9 Å². The lowest BCUT2D eigenvalue weighted by Gasteiger charge is -2.33. The number of likely N-dealkylation sites (tertiary alicyclic amines) is 1. The minimum absolute atomic E-state index is 0.0640. The van der Waals surface area contributed by atoms with Crippen LogP contribution in [0.4, 0.5) is 4.79 Å². The van der Waals surface area contributed by atoms with Gasteiger partial charge in [0.2, 0.25) is 0 Å². The zero-order chi connectivity index (χ0) is 29.7. The Morgan fingerprint density at radius 3 is 2.46 bits per heavy atom. The molecule has 4 heterocycles. The summed E-state index contributed by atoms with van der Waals surface area (Å²) in [5, 5.41) is 0. The minimum Gasteiger partial charge on any atom is -0.496 e. The van der Waals surface area contributed by atoms with Gasteiger partial charge >= 0.3 is 13.2 Å². The topological polar surface area (TPSA) is 95.9 Å². The van der Waals surface area contributed by atoms with Crippen LogP contribution in [0.25, 0.3) is 22.4 Å².